The van der Waals surface area contributed by atoms with Crippen molar-refractivity contribution in [2.45, 2.75) is 142 Å². The third-order valence-electron chi connectivity index (χ3n) is 5.51. The summed E-state index contributed by atoms with van der Waals surface area (Å²) in [5, 5.41) is 2.89. The Balaban J connectivity index is 3.04. The molecule has 0 atom stereocenters. The number of carbonyl (C=O) groups excluding carboxylic acids is 1. The Morgan fingerprint density at radius 3 is 1.26 bits per heavy atom. The summed E-state index contributed by atoms with van der Waals surface area (Å²) < 4.78 is 0. The first-order chi connectivity index (χ1) is 13.3. The molecule has 0 unspecified atom stereocenters. The van der Waals surface area contributed by atoms with E-state index in [2.05, 4.69) is 19.2 Å². The van der Waals surface area contributed by atoms with Crippen molar-refractivity contribution in [3.63, 3.8) is 0 Å². The SMILES string of the molecule is [CH2]CCNC(=O)CCCCCCCCCCCCCCCCCCCCC. The molecule has 0 saturated carbocycles. The summed E-state index contributed by atoms with van der Waals surface area (Å²) in [6.07, 6.45) is 27.9. The van der Waals surface area contributed by atoms with E-state index in [9.17, 15) is 4.79 Å². The van der Waals surface area contributed by atoms with Crippen LogP contribution < -0.4 is 5.32 Å². The van der Waals surface area contributed by atoms with Crippen LogP contribution in [0.5, 0.6) is 0 Å². The van der Waals surface area contributed by atoms with Crippen molar-refractivity contribution >= 4 is 5.91 Å². The topological polar surface area (TPSA) is 29.1 Å². The van der Waals surface area contributed by atoms with Gasteiger partial charge in [0.05, 0.1) is 0 Å². The van der Waals surface area contributed by atoms with Crippen molar-refractivity contribution in [1.29, 1.82) is 0 Å². The highest BCUT2D eigenvalue weighted by molar-refractivity contribution is 5.75. The second-order valence-electron chi connectivity index (χ2n) is 8.32. The molecule has 1 amide bonds. The first kappa shape index (κ1) is 26.5. The maximum atomic E-state index is 11.4. The molecule has 0 saturated heterocycles. The van der Waals surface area contributed by atoms with Gasteiger partial charge in [0.15, 0.2) is 0 Å². The first-order valence-corrected chi connectivity index (χ1v) is 12.4. The van der Waals surface area contributed by atoms with E-state index in [0.717, 1.165) is 19.4 Å². The van der Waals surface area contributed by atoms with Crippen molar-refractivity contribution in [2.24, 2.45) is 0 Å². The normalized spacial score (nSPS) is 11.0. The summed E-state index contributed by atoms with van der Waals surface area (Å²) in [5.74, 6) is 0.200. The van der Waals surface area contributed by atoms with Crippen molar-refractivity contribution in [3.8, 4) is 0 Å². The number of hydrogen-bond donors (Lipinski definition) is 1. The van der Waals surface area contributed by atoms with Crippen molar-refractivity contribution in [1.82, 2.24) is 5.32 Å². The van der Waals surface area contributed by atoms with E-state index in [1.54, 1.807) is 0 Å². The fourth-order valence-corrected chi connectivity index (χ4v) is 3.68. The zero-order chi connectivity index (χ0) is 19.8. The maximum Gasteiger partial charge on any atom is 0.219 e. The van der Waals surface area contributed by atoms with Gasteiger partial charge in [-0.1, -0.05) is 129 Å². The second-order valence-corrected chi connectivity index (χ2v) is 8.32. The van der Waals surface area contributed by atoms with E-state index in [1.807, 2.05) is 0 Å². The van der Waals surface area contributed by atoms with Gasteiger partial charge in [-0.15, -0.1) is 0 Å². The highest BCUT2D eigenvalue weighted by Gasteiger charge is 1.99. The Morgan fingerprint density at radius 1 is 0.593 bits per heavy atom. The fraction of sp³-hybridized carbons (Fsp3) is 0.920. The smallest absolute Gasteiger partial charge is 0.219 e. The summed E-state index contributed by atoms with van der Waals surface area (Å²) in [4.78, 5) is 11.4. The molecule has 0 aromatic heterocycles. The molecule has 0 aliphatic rings. The van der Waals surface area contributed by atoms with Gasteiger partial charge in [-0.25, -0.2) is 0 Å². The summed E-state index contributed by atoms with van der Waals surface area (Å²) in [6, 6.07) is 0. The van der Waals surface area contributed by atoms with Crippen LogP contribution in [0, 0.1) is 6.92 Å². The zero-order valence-electron chi connectivity index (χ0n) is 18.7. The molecule has 1 radical (unpaired) electrons. The molecule has 27 heavy (non-hydrogen) atoms. The maximum absolute atomic E-state index is 11.4. The largest absolute Gasteiger partial charge is 0.356 e. The molecule has 161 valence electrons. The van der Waals surface area contributed by atoms with Crippen LogP contribution in [0.15, 0.2) is 0 Å². The van der Waals surface area contributed by atoms with Crippen molar-refractivity contribution in [2.75, 3.05) is 6.54 Å². The molecule has 0 heterocycles. The summed E-state index contributed by atoms with van der Waals surface area (Å²) in [6.45, 7) is 6.74. The van der Waals surface area contributed by atoms with Gasteiger partial charge >= 0.3 is 0 Å². The third kappa shape index (κ3) is 23.4. The van der Waals surface area contributed by atoms with E-state index in [-0.39, 0.29) is 5.91 Å². The number of carbonyl (C=O) groups is 1. The van der Waals surface area contributed by atoms with E-state index < -0.39 is 0 Å². The first-order valence-electron chi connectivity index (χ1n) is 12.4. The Labute approximate surface area is 171 Å². The highest BCUT2D eigenvalue weighted by Crippen LogP contribution is 2.14. The lowest BCUT2D eigenvalue weighted by atomic mass is 10.0. The Morgan fingerprint density at radius 2 is 0.926 bits per heavy atom. The standard InChI is InChI=1S/C25H50NO/c1-3-5-6-7-8-9-10-11-12-13-14-15-16-17-18-19-20-21-22-23-25(27)26-24-4-2/h2-24H2,1H3,(H,26,27). The minimum Gasteiger partial charge on any atom is -0.356 e. The van der Waals surface area contributed by atoms with Crippen LogP contribution in [0.25, 0.3) is 0 Å². The Bertz CT molecular complexity index is 290. The zero-order valence-corrected chi connectivity index (χ0v) is 18.7. The van der Waals surface area contributed by atoms with Gasteiger partial charge in [-0.05, 0) is 12.8 Å². The van der Waals surface area contributed by atoms with E-state index in [0.29, 0.717) is 6.42 Å². The van der Waals surface area contributed by atoms with Crippen LogP contribution in [-0.4, -0.2) is 12.5 Å². The lowest BCUT2D eigenvalue weighted by molar-refractivity contribution is -0.121. The molecule has 2 nitrogen and oxygen atoms in total. The molecule has 0 aromatic carbocycles. The van der Waals surface area contributed by atoms with Crippen molar-refractivity contribution in [3.05, 3.63) is 6.92 Å². The van der Waals surface area contributed by atoms with Gasteiger partial charge in [0.2, 0.25) is 5.91 Å². The minimum absolute atomic E-state index is 0.200. The lowest BCUT2D eigenvalue weighted by Gasteiger charge is -2.04. The molecule has 2 heteroatoms. The van der Waals surface area contributed by atoms with Crippen molar-refractivity contribution < 1.29 is 4.79 Å². The second kappa shape index (κ2) is 23.5. The molecule has 0 aliphatic carbocycles. The van der Waals surface area contributed by atoms with Gasteiger partial charge in [-0.2, -0.15) is 0 Å². The van der Waals surface area contributed by atoms with Crippen LogP contribution in [-0.2, 0) is 4.79 Å². The fourth-order valence-electron chi connectivity index (χ4n) is 3.68. The van der Waals surface area contributed by atoms with Gasteiger partial charge in [-0.3, -0.25) is 4.79 Å². The van der Waals surface area contributed by atoms with Crippen LogP contribution in [0.2, 0.25) is 0 Å². The van der Waals surface area contributed by atoms with Gasteiger partial charge < -0.3 is 5.32 Å². The van der Waals surface area contributed by atoms with E-state index >= 15 is 0 Å². The molecular weight excluding hydrogens is 330 g/mol. The Kier molecular flexibility index (Phi) is 23.0. The highest BCUT2D eigenvalue weighted by atomic mass is 16.1. The van der Waals surface area contributed by atoms with Crippen LogP contribution in [0.3, 0.4) is 0 Å². The molecule has 0 fully saturated rings. The third-order valence-corrected chi connectivity index (χ3v) is 5.51. The van der Waals surface area contributed by atoms with Gasteiger partial charge in [0.25, 0.3) is 0 Å². The summed E-state index contributed by atoms with van der Waals surface area (Å²) >= 11 is 0. The summed E-state index contributed by atoms with van der Waals surface area (Å²) in [5.41, 5.74) is 0. The number of hydrogen-bond acceptors (Lipinski definition) is 1. The molecule has 0 bridgehead atoms. The molecule has 0 aliphatic heterocycles. The molecule has 0 aromatic rings. The molecule has 1 N–H and O–H groups in total. The van der Waals surface area contributed by atoms with Gasteiger partial charge in [0.1, 0.15) is 0 Å². The molecular formula is C25H50NO. The predicted octanol–water partition coefficient (Wildman–Crippen LogP) is 8.15. The number of rotatable bonds is 22. The average molecular weight is 381 g/mol. The van der Waals surface area contributed by atoms with Crippen LogP contribution in [0.1, 0.15) is 142 Å². The number of nitrogens with one attached hydrogen (secondary N) is 1. The summed E-state index contributed by atoms with van der Waals surface area (Å²) in [7, 11) is 0. The number of amides is 1. The Hall–Kier alpha value is -0.530. The minimum atomic E-state index is 0.200. The molecule has 0 spiro atoms. The quantitative estimate of drug-likeness (QED) is 0.189. The lowest BCUT2D eigenvalue weighted by Crippen LogP contribution is -2.23. The molecule has 0 rings (SSSR count). The number of unbranched alkanes of at least 4 members (excludes halogenated alkanes) is 18. The van der Waals surface area contributed by atoms with E-state index in [1.165, 1.54) is 116 Å². The average Bonchev–Trinajstić information content (AvgIpc) is 2.68. The van der Waals surface area contributed by atoms with Crippen LogP contribution in [0.4, 0.5) is 0 Å². The monoisotopic (exact) mass is 380 g/mol. The predicted molar refractivity (Wildman–Crippen MR) is 121 cm³/mol. The van der Waals surface area contributed by atoms with E-state index in [4.69, 9.17) is 0 Å². The van der Waals surface area contributed by atoms with Gasteiger partial charge in [0, 0.05) is 13.0 Å². The van der Waals surface area contributed by atoms with Crippen LogP contribution >= 0.6 is 0 Å².